The first-order valence-electron chi connectivity index (χ1n) is 8.03. The van der Waals surface area contributed by atoms with Crippen molar-refractivity contribution >= 4 is 47.2 Å². The number of pyridine rings is 2. The average Bonchev–Trinajstić information content (AvgIpc) is 3.19. The summed E-state index contributed by atoms with van der Waals surface area (Å²) in [6.45, 7) is 2.21. The quantitative estimate of drug-likeness (QED) is 0.301. The van der Waals surface area contributed by atoms with Crippen molar-refractivity contribution in [2.24, 2.45) is 0 Å². The summed E-state index contributed by atoms with van der Waals surface area (Å²) in [6.07, 6.45) is 17.2. The molecule has 151 valence electrons. The minimum atomic E-state index is 0.0496. The molecule has 3 heterocycles. The van der Waals surface area contributed by atoms with Crippen molar-refractivity contribution in [3.8, 4) is 0 Å². The van der Waals surface area contributed by atoms with Gasteiger partial charge in [-0.05, 0) is 30.7 Å². The molecule has 0 bridgehead atoms. The summed E-state index contributed by atoms with van der Waals surface area (Å²) in [6, 6.07) is 11.4. The monoisotopic (exact) mass is 531 g/mol. The van der Waals surface area contributed by atoms with Gasteiger partial charge in [0, 0.05) is 49.7 Å². The van der Waals surface area contributed by atoms with Crippen LogP contribution in [0.5, 0.6) is 0 Å². The summed E-state index contributed by atoms with van der Waals surface area (Å²) in [4.78, 5) is 7.57. The Morgan fingerprint density at radius 2 is 1.30 bits per heavy atom. The maximum atomic E-state index is 5.20. The van der Waals surface area contributed by atoms with Crippen LogP contribution in [0.15, 0.2) is 73.6 Å². The fourth-order valence-electron chi connectivity index (χ4n) is 1.79. The van der Waals surface area contributed by atoms with Crippen molar-refractivity contribution in [2.45, 2.75) is 19.5 Å². The molecule has 0 aromatic carbocycles. The van der Waals surface area contributed by atoms with Gasteiger partial charge >= 0.3 is 39.0 Å². The summed E-state index contributed by atoms with van der Waals surface area (Å²) in [5.74, 6) is 0. The van der Waals surface area contributed by atoms with Crippen LogP contribution in [0.2, 0.25) is 0 Å². The summed E-state index contributed by atoms with van der Waals surface area (Å²) < 4.78 is 6.45. The number of nitrogens with zero attached hydrogens (tertiary/aromatic N) is 4. The van der Waals surface area contributed by atoms with Gasteiger partial charge in [-0.15, -0.1) is 0 Å². The minimum Gasteiger partial charge on any atom is -0.265 e. The Morgan fingerprint density at radius 3 is 1.44 bits per heavy atom. The van der Waals surface area contributed by atoms with Gasteiger partial charge in [0.1, 0.15) is 6.17 Å². The molecule has 2 aromatic rings. The van der Waals surface area contributed by atoms with Crippen LogP contribution in [0, 0.1) is 0 Å². The largest absolute Gasteiger partial charge is 0.265 e. The zero-order valence-electron chi connectivity index (χ0n) is 15.7. The molecular weight excluding hydrogens is 504 g/mol. The molecule has 0 radical (unpaired) electrons. The van der Waals surface area contributed by atoms with Crippen molar-refractivity contribution < 1.29 is 15.7 Å². The van der Waals surface area contributed by atoms with Gasteiger partial charge in [0.15, 0.2) is 0 Å². The molecule has 0 aliphatic carbocycles. The van der Waals surface area contributed by atoms with E-state index < -0.39 is 0 Å². The fraction of sp³-hybridized carbons (Fsp3) is 0.278. The molecule has 0 amide bonds. The van der Waals surface area contributed by atoms with Crippen molar-refractivity contribution in [2.75, 3.05) is 12.5 Å². The van der Waals surface area contributed by atoms with E-state index in [0.29, 0.717) is 6.17 Å². The summed E-state index contributed by atoms with van der Waals surface area (Å²) in [7, 11) is 7.64. The molecule has 0 saturated carbocycles. The van der Waals surface area contributed by atoms with E-state index >= 15 is 0 Å². The van der Waals surface area contributed by atoms with Crippen LogP contribution in [0.25, 0.3) is 0 Å². The van der Waals surface area contributed by atoms with E-state index in [0.717, 1.165) is 6.42 Å². The Labute approximate surface area is 186 Å². The zero-order chi connectivity index (χ0) is 20.2. The standard InChI is InChI=1S/C7H14N2S2.2C5H5N.CH3P.ClH.Ru/c1-4-7-8(10-2)5-6-9(7)11-3;2*1-2-4-6-5-3-1;1-2;;/h5-7H,4H2,1-3H3;2*1-5H;1H,2H2;1H;/q;;;;;+1/p-1. The summed E-state index contributed by atoms with van der Waals surface area (Å²) >= 11 is 3.60. The molecule has 1 atom stereocenters. The Balaban J connectivity index is 0.000000361. The molecule has 0 N–H and O–H groups in total. The van der Waals surface area contributed by atoms with Crippen LogP contribution in [0.3, 0.4) is 0 Å². The van der Waals surface area contributed by atoms with Gasteiger partial charge in [0.05, 0.1) is 0 Å². The minimum absolute atomic E-state index is 0.0496. The van der Waals surface area contributed by atoms with Crippen molar-refractivity contribution in [3.63, 3.8) is 0 Å². The second kappa shape index (κ2) is 20.3. The van der Waals surface area contributed by atoms with Crippen LogP contribution in [0.4, 0.5) is 0 Å². The van der Waals surface area contributed by atoms with E-state index in [1.165, 1.54) is 0 Å². The molecular formula is C18H27ClN4PRuS2. The van der Waals surface area contributed by atoms with Gasteiger partial charge in [-0.2, -0.15) is 0 Å². The third-order valence-corrected chi connectivity index (χ3v) is 6.81. The molecule has 4 nitrogen and oxygen atoms in total. The van der Waals surface area contributed by atoms with Gasteiger partial charge in [-0.1, -0.05) is 43.0 Å². The fourth-order valence-corrected chi connectivity index (χ4v) is 3.19. The SMILES string of the molecule is CCC1N(SC)C=CN1SC.P[CH]=[Ru][Cl].c1ccncc1.c1ccncc1. The Kier molecular flexibility index (Phi) is 20.0. The van der Waals surface area contributed by atoms with E-state index in [-0.39, 0.29) is 15.7 Å². The van der Waals surface area contributed by atoms with Gasteiger partial charge < -0.3 is 0 Å². The van der Waals surface area contributed by atoms with Crippen molar-refractivity contribution in [1.82, 2.24) is 18.6 Å². The van der Waals surface area contributed by atoms with Crippen molar-refractivity contribution in [3.05, 3.63) is 73.6 Å². The number of hydrogen-bond donors (Lipinski definition) is 0. The van der Waals surface area contributed by atoms with Gasteiger partial charge in [0.2, 0.25) is 0 Å². The van der Waals surface area contributed by atoms with E-state index in [1.807, 2.05) is 40.7 Å². The van der Waals surface area contributed by atoms with E-state index in [2.05, 4.69) is 59.7 Å². The number of halogens is 1. The Morgan fingerprint density at radius 1 is 0.926 bits per heavy atom. The Bertz CT molecular complexity index is 494. The third kappa shape index (κ3) is 14.2. The average molecular weight is 531 g/mol. The maximum absolute atomic E-state index is 5.20. The number of aromatic nitrogens is 2. The van der Waals surface area contributed by atoms with Gasteiger partial charge in [-0.25, -0.2) is 0 Å². The molecule has 1 unspecified atom stereocenters. The topological polar surface area (TPSA) is 32.3 Å². The molecule has 2 aromatic heterocycles. The zero-order valence-corrected chi connectivity index (χ0v) is 21.0. The molecule has 1 aliphatic heterocycles. The van der Waals surface area contributed by atoms with E-state index in [4.69, 9.17) is 9.69 Å². The maximum Gasteiger partial charge on any atom is 0.0267 e. The second-order valence-electron chi connectivity index (χ2n) is 4.52. The number of rotatable bonds is 3. The smallest absolute Gasteiger partial charge is 0.0267 e. The molecule has 9 heteroatoms. The summed E-state index contributed by atoms with van der Waals surface area (Å²) in [5, 5.41) is 0. The first-order chi connectivity index (χ1) is 13.2. The first-order valence-corrected chi connectivity index (χ1v) is 14.3. The summed E-state index contributed by atoms with van der Waals surface area (Å²) in [5.41, 5.74) is 0. The molecule has 1 aliphatic rings. The molecule has 0 fully saturated rings. The molecule has 0 saturated heterocycles. The van der Waals surface area contributed by atoms with Crippen LogP contribution >= 0.6 is 42.8 Å². The number of hydrogen-bond acceptors (Lipinski definition) is 6. The van der Waals surface area contributed by atoms with Gasteiger partial charge in [0.25, 0.3) is 0 Å². The van der Waals surface area contributed by atoms with E-state index in [9.17, 15) is 0 Å². The normalized spacial score (nSPS) is 12.8. The van der Waals surface area contributed by atoms with Crippen LogP contribution < -0.4 is 0 Å². The predicted octanol–water partition coefficient (Wildman–Crippen LogP) is 5.39. The molecule has 3 rings (SSSR count). The second-order valence-corrected chi connectivity index (χ2v) is 9.36. The predicted molar refractivity (Wildman–Crippen MR) is 124 cm³/mol. The van der Waals surface area contributed by atoms with E-state index in [1.54, 1.807) is 48.7 Å². The van der Waals surface area contributed by atoms with Crippen LogP contribution in [-0.2, 0) is 15.7 Å². The molecule has 27 heavy (non-hydrogen) atoms. The van der Waals surface area contributed by atoms with Gasteiger partial charge in [-0.3, -0.25) is 18.6 Å². The third-order valence-electron chi connectivity index (χ3n) is 2.91. The van der Waals surface area contributed by atoms with Crippen LogP contribution in [-0.4, -0.2) is 41.6 Å². The molecule has 0 spiro atoms. The first kappa shape index (κ1) is 26.6. The van der Waals surface area contributed by atoms with Crippen molar-refractivity contribution in [1.29, 1.82) is 0 Å². The van der Waals surface area contributed by atoms with Crippen LogP contribution in [0.1, 0.15) is 13.3 Å². The Hall–Kier alpha value is -0.447.